The molecule has 1 aliphatic rings. The van der Waals surface area contributed by atoms with Crippen molar-refractivity contribution in [2.24, 2.45) is 0 Å². The van der Waals surface area contributed by atoms with Gasteiger partial charge < -0.3 is 9.84 Å². The summed E-state index contributed by atoms with van der Waals surface area (Å²) in [6.07, 6.45) is 1.58. The molecule has 0 amide bonds. The molecule has 23 heavy (non-hydrogen) atoms. The van der Waals surface area contributed by atoms with Crippen LogP contribution in [0.4, 0.5) is 4.39 Å². The van der Waals surface area contributed by atoms with Crippen molar-refractivity contribution in [3.63, 3.8) is 0 Å². The molecule has 0 spiro atoms. The number of carboxylic acid groups (broad SMARTS) is 1. The molecule has 0 bridgehead atoms. The summed E-state index contributed by atoms with van der Waals surface area (Å²) in [5, 5.41) is 9.02. The van der Waals surface area contributed by atoms with Crippen molar-refractivity contribution in [1.82, 2.24) is 0 Å². The highest BCUT2D eigenvalue weighted by Gasteiger charge is 2.46. The fourth-order valence-corrected chi connectivity index (χ4v) is 3.29. The zero-order chi connectivity index (χ0) is 16.4. The van der Waals surface area contributed by atoms with Gasteiger partial charge in [-0.15, -0.1) is 0 Å². The Bertz CT molecular complexity index is 703. The number of benzene rings is 2. The van der Waals surface area contributed by atoms with E-state index in [0.717, 1.165) is 24.0 Å². The molecule has 0 aliphatic heterocycles. The van der Waals surface area contributed by atoms with E-state index in [2.05, 4.69) is 15.9 Å². The van der Waals surface area contributed by atoms with E-state index < -0.39 is 17.2 Å². The molecule has 2 aromatic rings. The maximum absolute atomic E-state index is 14.4. The standard InChI is InChI=1S/C18H16BrFO3/c19-14-8-13(18(6-7-18)10-16(21)22)9-15(20)17(14)23-11-12-4-2-1-3-5-12/h1-5,8-9H,6-7,10-11H2,(H,21,22). The lowest BCUT2D eigenvalue weighted by Crippen LogP contribution is -2.13. The Morgan fingerprint density at radius 2 is 1.96 bits per heavy atom. The first-order valence-electron chi connectivity index (χ1n) is 7.38. The summed E-state index contributed by atoms with van der Waals surface area (Å²) in [4.78, 5) is 11.0. The molecule has 5 heteroatoms. The molecule has 0 heterocycles. The van der Waals surface area contributed by atoms with Gasteiger partial charge in [-0.3, -0.25) is 4.79 Å². The highest BCUT2D eigenvalue weighted by atomic mass is 79.9. The fourth-order valence-electron chi connectivity index (χ4n) is 2.74. The molecular formula is C18H16BrFO3. The molecule has 0 atom stereocenters. The van der Waals surface area contributed by atoms with Crippen LogP contribution in [0.1, 0.15) is 30.4 Å². The molecule has 0 saturated heterocycles. The van der Waals surface area contributed by atoms with Crippen LogP contribution in [0.5, 0.6) is 5.75 Å². The monoisotopic (exact) mass is 378 g/mol. The van der Waals surface area contributed by atoms with E-state index in [1.165, 1.54) is 6.07 Å². The average molecular weight is 379 g/mol. The second-order valence-electron chi connectivity index (χ2n) is 5.89. The lowest BCUT2D eigenvalue weighted by atomic mass is 9.92. The van der Waals surface area contributed by atoms with Crippen LogP contribution < -0.4 is 4.74 Å². The maximum Gasteiger partial charge on any atom is 0.304 e. The molecule has 0 radical (unpaired) electrons. The van der Waals surface area contributed by atoms with Gasteiger partial charge in [0.25, 0.3) is 0 Å². The topological polar surface area (TPSA) is 46.5 Å². The number of hydrogen-bond acceptors (Lipinski definition) is 2. The Labute approximate surface area is 142 Å². The van der Waals surface area contributed by atoms with Crippen molar-refractivity contribution in [2.75, 3.05) is 0 Å². The van der Waals surface area contributed by atoms with Crippen LogP contribution in [0.25, 0.3) is 0 Å². The van der Waals surface area contributed by atoms with Gasteiger partial charge in [0.2, 0.25) is 0 Å². The Morgan fingerprint density at radius 1 is 1.26 bits per heavy atom. The van der Waals surface area contributed by atoms with Gasteiger partial charge in [-0.05, 0) is 52.0 Å². The van der Waals surface area contributed by atoms with Gasteiger partial charge in [0.05, 0.1) is 10.9 Å². The van der Waals surface area contributed by atoms with E-state index in [9.17, 15) is 9.18 Å². The Balaban J connectivity index is 1.80. The van der Waals surface area contributed by atoms with Crippen LogP contribution in [-0.2, 0) is 16.8 Å². The average Bonchev–Trinajstić information content (AvgIpc) is 3.27. The zero-order valence-electron chi connectivity index (χ0n) is 12.4. The van der Waals surface area contributed by atoms with E-state index in [4.69, 9.17) is 9.84 Å². The van der Waals surface area contributed by atoms with Crippen LogP contribution >= 0.6 is 15.9 Å². The predicted octanol–water partition coefficient (Wildman–Crippen LogP) is 4.67. The highest BCUT2D eigenvalue weighted by molar-refractivity contribution is 9.10. The molecule has 2 aromatic carbocycles. The first-order valence-corrected chi connectivity index (χ1v) is 8.17. The van der Waals surface area contributed by atoms with E-state index in [1.54, 1.807) is 6.07 Å². The SMILES string of the molecule is O=C(O)CC1(c2cc(F)c(OCc3ccccc3)c(Br)c2)CC1. The third kappa shape index (κ3) is 3.55. The first kappa shape index (κ1) is 16.0. The Hall–Kier alpha value is -1.88. The number of carboxylic acids is 1. The summed E-state index contributed by atoms with van der Waals surface area (Å²) in [5.41, 5.74) is 1.25. The number of halogens is 2. The van der Waals surface area contributed by atoms with Crippen molar-refractivity contribution in [1.29, 1.82) is 0 Å². The van der Waals surface area contributed by atoms with Gasteiger partial charge in [-0.2, -0.15) is 0 Å². The number of hydrogen-bond donors (Lipinski definition) is 1. The van der Waals surface area contributed by atoms with Crippen LogP contribution in [0, 0.1) is 5.82 Å². The first-order chi connectivity index (χ1) is 11.0. The van der Waals surface area contributed by atoms with Crippen molar-refractivity contribution in [3.05, 3.63) is 63.9 Å². The molecule has 1 N–H and O–H groups in total. The number of carbonyl (C=O) groups is 1. The summed E-state index contributed by atoms with van der Waals surface area (Å²) >= 11 is 3.35. The molecule has 3 rings (SSSR count). The summed E-state index contributed by atoms with van der Waals surface area (Å²) in [6, 6.07) is 12.7. The van der Waals surface area contributed by atoms with E-state index in [-0.39, 0.29) is 18.8 Å². The van der Waals surface area contributed by atoms with E-state index in [0.29, 0.717) is 4.47 Å². The normalized spacial score (nSPS) is 15.2. The van der Waals surface area contributed by atoms with E-state index in [1.807, 2.05) is 30.3 Å². The smallest absolute Gasteiger partial charge is 0.304 e. The summed E-state index contributed by atoms with van der Waals surface area (Å²) in [7, 11) is 0. The highest BCUT2D eigenvalue weighted by Crippen LogP contribution is 2.52. The molecule has 0 unspecified atom stereocenters. The number of rotatable bonds is 6. The molecular weight excluding hydrogens is 363 g/mol. The van der Waals surface area contributed by atoms with Crippen LogP contribution in [0.2, 0.25) is 0 Å². The summed E-state index contributed by atoms with van der Waals surface area (Å²) in [5.74, 6) is -1.17. The van der Waals surface area contributed by atoms with Gasteiger partial charge >= 0.3 is 5.97 Å². The predicted molar refractivity (Wildman–Crippen MR) is 88.0 cm³/mol. The molecule has 1 aliphatic carbocycles. The minimum absolute atomic E-state index is 0.0309. The second kappa shape index (κ2) is 6.32. The quantitative estimate of drug-likeness (QED) is 0.793. The zero-order valence-corrected chi connectivity index (χ0v) is 14.0. The van der Waals surface area contributed by atoms with Crippen LogP contribution in [-0.4, -0.2) is 11.1 Å². The number of aliphatic carboxylic acids is 1. The van der Waals surface area contributed by atoms with Gasteiger partial charge in [0, 0.05) is 5.41 Å². The minimum atomic E-state index is -0.858. The second-order valence-corrected chi connectivity index (χ2v) is 6.75. The summed E-state index contributed by atoms with van der Waals surface area (Å²) in [6.45, 7) is 0.274. The molecule has 3 nitrogen and oxygen atoms in total. The van der Waals surface area contributed by atoms with E-state index >= 15 is 0 Å². The maximum atomic E-state index is 14.4. The van der Waals surface area contributed by atoms with Gasteiger partial charge in [0.1, 0.15) is 6.61 Å². The van der Waals surface area contributed by atoms with Crippen molar-refractivity contribution in [3.8, 4) is 5.75 Å². The third-order valence-corrected chi connectivity index (χ3v) is 4.77. The summed E-state index contributed by atoms with van der Waals surface area (Å²) < 4.78 is 20.5. The fraction of sp³-hybridized carbons (Fsp3) is 0.278. The molecule has 1 fully saturated rings. The van der Waals surface area contributed by atoms with Gasteiger partial charge in [-0.25, -0.2) is 4.39 Å². The van der Waals surface area contributed by atoms with Crippen molar-refractivity contribution in [2.45, 2.75) is 31.3 Å². The number of ether oxygens (including phenoxy) is 1. The third-order valence-electron chi connectivity index (χ3n) is 4.18. The lowest BCUT2D eigenvalue weighted by Gasteiger charge is -2.16. The Kier molecular flexibility index (Phi) is 4.39. The molecule has 1 saturated carbocycles. The Morgan fingerprint density at radius 3 is 2.52 bits per heavy atom. The van der Waals surface area contributed by atoms with Crippen LogP contribution in [0.15, 0.2) is 46.9 Å². The van der Waals surface area contributed by atoms with Crippen molar-refractivity contribution >= 4 is 21.9 Å². The molecule has 0 aromatic heterocycles. The van der Waals surface area contributed by atoms with Crippen LogP contribution in [0.3, 0.4) is 0 Å². The molecule has 120 valence electrons. The lowest BCUT2D eigenvalue weighted by molar-refractivity contribution is -0.137. The minimum Gasteiger partial charge on any atom is -0.485 e. The van der Waals surface area contributed by atoms with Gasteiger partial charge in [-0.1, -0.05) is 30.3 Å². The largest absolute Gasteiger partial charge is 0.485 e. The van der Waals surface area contributed by atoms with Gasteiger partial charge in [0.15, 0.2) is 11.6 Å². The van der Waals surface area contributed by atoms with Crippen molar-refractivity contribution < 1.29 is 19.0 Å².